The number of nitrogens with two attached hydrogens (primary N) is 1. The van der Waals surface area contributed by atoms with Gasteiger partial charge in [0.1, 0.15) is 4.21 Å². The van der Waals surface area contributed by atoms with Crippen molar-refractivity contribution >= 4 is 27.3 Å². The van der Waals surface area contributed by atoms with E-state index in [2.05, 4.69) is 5.32 Å². The highest BCUT2D eigenvalue weighted by atomic mass is 32.2. The fraction of sp³-hybridized carbons (Fsp3) is 0.250. The van der Waals surface area contributed by atoms with Gasteiger partial charge in [-0.25, -0.2) is 13.6 Å². The van der Waals surface area contributed by atoms with Gasteiger partial charge in [0.25, 0.3) is 0 Å². The van der Waals surface area contributed by atoms with Crippen LogP contribution in [0.25, 0.3) is 0 Å². The zero-order valence-corrected chi connectivity index (χ0v) is 12.1. The van der Waals surface area contributed by atoms with Crippen LogP contribution < -0.4 is 10.5 Å². The number of nitrogens with one attached hydrogen (secondary N) is 1. The lowest BCUT2D eigenvalue weighted by Gasteiger charge is -1.99. The molecular weight excluding hydrogens is 284 g/mol. The van der Waals surface area contributed by atoms with Gasteiger partial charge in [-0.1, -0.05) is 18.2 Å². The third kappa shape index (κ3) is 5.82. The third-order valence-electron chi connectivity index (χ3n) is 2.14. The lowest BCUT2D eigenvalue weighted by molar-refractivity contribution is -0.116. The molecule has 19 heavy (non-hydrogen) atoms. The summed E-state index contributed by atoms with van der Waals surface area (Å²) in [5, 5.41) is 7.72. The lowest BCUT2D eigenvalue weighted by atomic mass is 10.3. The number of amides is 1. The molecule has 5 nitrogen and oxygen atoms in total. The van der Waals surface area contributed by atoms with Gasteiger partial charge in [0, 0.05) is 17.5 Å². The average Bonchev–Trinajstić information content (AvgIpc) is 2.78. The molecule has 0 aliphatic heterocycles. The van der Waals surface area contributed by atoms with Gasteiger partial charge in [0.2, 0.25) is 15.9 Å². The molecule has 0 aromatic carbocycles. The number of primary sulfonamides is 1. The fourth-order valence-corrected chi connectivity index (χ4v) is 3.05. The number of rotatable bonds is 6. The summed E-state index contributed by atoms with van der Waals surface area (Å²) in [7, 11) is -3.63. The number of carbonyl (C=O) groups is 1. The monoisotopic (exact) mass is 300 g/mol. The Labute approximate surface area is 116 Å². The van der Waals surface area contributed by atoms with Crippen molar-refractivity contribution in [1.82, 2.24) is 5.32 Å². The molecule has 0 radical (unpaired) electrons. The molecule has 1 heterocycles. The molecule has 1 rings (SSSR count). The Morgan fingerprint density at radius 2 is 2.16 bits per heavy atom. The van der Waals surface area contributed by atoms with Gasteiger partial charge in [-0.3, -0.25) is 4.79 Å². The van der Waals surface area contributed by atoms with Crippen LogP contribution in [-0.2, 0) is 21.2 Å². The summed E-state index contributed by atoms with van der Waals surface area (Å²) in [6.07, 6.45) is 7.24. The number of allylic oxidation sites excluding steroid dienone is 3. The Balaban J connectivity index is 2.42. The second kappa shape index (κ2) is 7.22. The summed E-state index contributed by atoms with van der Waals surface area (Å²) in [5.41, 5.74) is 0. The first-order valence-corrected chi connectivity index (χ1v) is 7.98. The van der Waals surface area contributed by atoms with E-state index in [4.69, 9.17) is 5.14 Å². The maximum Gasteiger partial charge on any atom is 0.247 e. The van der Waals surface area contributed by atoms with Crippen LogP contribution in [-0.4, -0.2) is 20.9 Å². The first-order valence-electron chi connectivity index (χ1n) is 5.62. The van der Waals surface area contributed by atoms with Crippen molar-refractivity contribution in [3.8, 4) is 0 Å². The van der Waals surface area contributed by atoms with Crippen molar-refractivity contribution in [2.24, 2.45) is 5.14 Å². The second-order valence-corrected chi connectivity index (χ2v) is 6.65. The first kappa shape index (κ1) is 15.6. The summed E-state index contributed by atoms with van der Waals surface area (Å²) in [6, 6.07) is 3.18. The van der Waals surface area contributed by atoms with Gasteiger partial charge in [-0.2, -0.15) is 0 Å². The Morgan fingerprint density at radius 1 is 1.42 bits per heavy atom. The Hall–Kier alpha value is -1.44. The van der Waals surface area contributed by atoms with E-state index >= 15 is 0 Å². The highest BCUT2D eigenvalue weighted by molar-refractivity contribution is 7.91. The SMILES string of the molecule is C/C=C/C=C/C(=O)NCCc1ccc(S(N)(=O)=O)s1. The molecule has 0 aliphatic rings. The zero-order chi connectivity index (χ0) is 14.3. The molecule has 1 amide bonds. The molecule has 0 saturated carbocycles. The zero-order valence-electron chi connectivity index (χ0n) is 10.5. The van der Waals surface area contributed by atoms with Crippen LogP contribution in [0.2, 0.25) is 0 Å². The van der Waals surface area contributed by atoms with Gasteiger partial charge in [-0.05, 0) is 25.5 Å². The topological polar surface area (TPSA) is 89.3 Å². The van der Waals surface area contributed by atoms with Crippen LogP contribution in [0.1, 0.15) is 11.8 Å². The van der Waals surface area contributed by atoms with Crippen molar-refractivity contribution in [1.29, 1.82) is 0 Å². The normalized spacial score (nSPS) is 12.3. The molecule has 0 saturated heterocycles. The summed E-state index contributed by atoms with van der Waals surface area (Å²) in [5.74, 6) is -0.179. The molecule has 7 heteroatoms. The second-order valence-electron chi connectivity index (χ2n) is 3.69. The van der Waals surface area contributed by atoms with Crippen molar-refractivity contribution < 1.29 is 13.2 Å². The highest BCUT2D eigenvalue weighted by Crippen LogP contribution is 2.20. The summed E-state index contributed by atoms with van der Waals surface area (Å²) < 4.78 is 22.3. The Kier molecular flexibility index (Phi) is 5.94. The fourth-order valence-electron chi connectivity index (χ4n) is 1.27. The molecular formula is C12H16N2O3S2. The number of thiophene rings is 1. The molecule has 104 valence electrons. The quantitative estimate of drug-likeness (QED) is 0.611. The minimum atomic E-state index is -3.63. The maximum absolute atomic E-state index is 11.3. The van der Waals surface area contributed by atoms with E-state index in [0.29, 0.717) is 13.0 Å². The van der Waals surface area contributed by atoms with E-state index in [1.165, 1.54) is 12.1 Å². The predicted molar refractivity (Wildman–Crippen MR) is 76.4 cm³/mol. The molecule has 0 aliphatic carbocycles. The van der Waals surface area contributed by atoms with Gasteiger partial charge in [-0.15, -0.1) is 11.3 Å². The van der Waals surface area contributed by atoms with Gasteiger partial charge < -0.3 is 5.32 Å². The summed E-state index contributed by atoms with van der Waals surface area (Å²) >= 11 is 1.12. The van der Waals surface area contributed by atoms with E-state index < -0.39 is 10.0 Å². The van der Waals surface area contributed by atoms with E-state index in [1.54, 1.807) is 18.2 Å². The summed E-state index contributed by atoms with van der Waals surface area (Å²) in [6.45, 7) is 2.31. The number of hydrogen-bond acceptors (Lipinski definition) is 4. The van der Waals surface area contributed by atoms with Crippen LogP contribution in [0.3, 0.4) is 0 Å². The van der Waals surface area contributed by atoms with Crippen molar-refractivity contribution in [2.75, 3.05) is 6.54 Å². The van der Waals surface area contributed by atoms with Gasteiger partial charge in [0.15, 0.2) is 0 Å². The largest absolute Gasteiger partial charge is 0.352 e. The molecule has 0 bridgehead atoms. The first-order chi connectivity index (χ1) is 8.93. The van der Waals surface area contributed by atoms with E-state index in [-0.39, 0.29) is 10.1 Å². The Bertz CT molecular complexity index is 586. The minimum Gasteiger partial charge on any atom is -0.352 e. The van der Waals surface area contributed by atoms with Crippen molar-refractivity contribution in [3.63, 3.8) is 0 Å². The van der Waals surface area contributed by atoms with Gasteiger partial charge in [0.05, 0.1) is 0 Å². The molecule has 0 spiro atoms. The molecule has 0 unspecified atom stereocenters. The van der Waals surface area contributed by atoms with Crippen molar-refractivity contribution in [3.05, 3.63) is 41.3 Å². The highest BCUT2D eigenvalue weighted by Gasteiger charge is 2.10. The maximum atomic E-state index is 11.3. The summed E-state index contributed by atoms with van der Waals surface area (Å²) in [4.78, 5) is 12.2. The van der Waals surface area contributed by atoms with Crippen molar-refractivity contribution in [2.45, 2.75) is 17.6 Å². The van der Waals surface area contributed by atoms with Crippen LogP contribution in [0, 0.1) is 0 Å². The standard InChI is InChI=1S/C12H16N2O3S2/c1-2-3-4-5-11(15)14-9-8-10-6-7-12(18-10)19(13,16)17/h2-7H,8-9H2,1H3,(H,14,15)(H2,13,16,17)/b3-2+,5-4+. The van der Waals surface area contributed by atoms with E-state index in [9.17, 15) is 13.2 Å². The minimum absolute atomic E-state index is 0.141. The van der Waals surface area contributed by atoms with Crippen LogP contribution in [0.5, 0.6) is 0 Å². The van der Waals surface area contributed by atoms with E-state index in [0.717, 1.165) is 16.2 Å². The molecule has 0 atom stereocenters. The molecule has 3 N–H and O–H groups in total. The molecule has 1 aromatic rings. The average molecular weight is 300 g/mol. The van der Waals surface area contributed by atoms with Crippen LogP contribution in [0.15, 0.2) is 40.6 Å². The number of carbonyl (C=O) groups excluding carboxylic acids is 1. The molecule has 1 aromatic heterocycles. The van der Waals surface area contributed by atoms with Crippen LogP contribution in [0.4, 0.5) is 0 Å². The third-order valence-corrected chi connectivity index (χ3v) is 4.72. The van der Waals surface area contributed by atoms with E-state index in [1.807, 2.05) is 13.0 Å². The Morgan fingerprint density at radius 3 is 2.74 bits per heavy atom. The number of hydrogen-bond donors (Lipinski definition) is 2. The van der Waals surface area contributed by atoms with Crippen LogP contribution >= 0.6 is 11.3 Å². The lowest BCUT2D eigenvalue weighted by Crippen LogP contribution is -2.23. The number of sulfonamides is 1. The predicted octanol–water partition coefficient (Wildman–Crippen LogP) is 1.19. The molecule has 0 fully saturated rings. The van der Waals surface area contributed by atoms with Gasteiger partial charge >= 0.3 is 0 Å². The smallest absolute Gasteiger partial charge is 0.247 e.